The number of ether oxygens (including phenoxy) is 1. The summed E-state index contributed by atoms with van der Waals surface area (Å²) in [6, 6.07) is -0.531. The van der Waals surface area contributed by atoms with Crippen molar-refractivity contribution < 1.29 is 14.9 Å². The summed E-state index contributed by atoms with van der Waals surface area (Å²) in [5.41, 5.74) is 8.46. The standard InChI is InChI=1S/C10H14N8O3/c11-8-7-9(15-10(14-8)16-17-12)18(3-13-7)6-1-4(20)5(2-19)21-6/h3-7,9,19-20H,1-2H2,(H2,11,14,15)/t4-,5+,6+,7?,9?/m0/s1. The van der Waals surface area contributed by atoms with Gasteiger partial charge < -0.3 is 25.2 Å². The SMILES string of the molecule is [N-]=[N+]=NC1=NC(=N)C2N=CN([C@H]3C[C@H](O)[C@@H](CO)O3)C2N1. The highest BCUT2D eigenvalue weighted by atomic mass is 16.5. The van der Waals surface area contributed by atoms with E-state index in [1.165, 1.54) is 6.34 Å². The monoisotopic (exact) mass is 294 g/mol. The van der Waals surface area contributed by atoms with E-state index in [-0.39, 0.29) is 18.4 Å². The number of rotatable bonds is 2. The van der Waals surface area contributed by atoms with Crippen molar-refractivity contribution >= 4 is 18.1 Å². The zero-order chi connectivity index (χ0) is 15.0. The predicted molar refractivity (Wildman–Crippen MR) is 71.7 cm³/mol. The molecule has 3 rings (SSSR count). The lowest BCUT2D eigenvalue weighted by molar-refractivity contribution is -0.0649. The van der Waals surface area contributed by atoms with Crippen molar-refractivity contribution in [2.45, 2.75) is 37.1 Å². The van der Waals surface area contributed by atoms with E-state index >= 15 is 0 Å². The minimum Gasteiger partial charge on any atom is -0.394 e. The van der Waals surface area contributed by atoms with Gasteiger partial charge in [0.25, 0.3) is 0 Å². The summed E-state index contributed by atoms with van der Waals surface area (Å²) in [6.07, 6.45) is -0.533. The number of aliphatic hydroxyl groups is 2. The fourth-order valence-corrected chi connectivity index (χ4v) is 2.59. The second-order valence-electron chi connectivity index (χ2n) is 4.87. The van der Waals surface area contributed by atoms with Crippen molar-refractivity contribution in [3.05, 3.63) is 10.4 Å². The Morgan fingerprint density at radius 2 is 2.48 bits per heavy atom. The van der Waals surface area contributed by atoms with Gasteiger partial charge in [-0.05, 0) is 10.6 Å². The maximum absolute atomic E-state index is 9.79. The molecule has 0 aromatic carbocycles. The van der Waals surface area contributed by atoms with E-state index in [9.17, 15) is 5.11 Å². The Balaban J connectivity index is 1.78. The van der Waals surface area contributed by atoms with E-state index in [4.69, 9.17) is 20.8 Å². The van der Waals surface area contributed by atoms with Gasteiger partial charge in [0.2, 0.25) is 0 Å². The normalized spacial score (nSPS) is 37.8. The average molecular weight is 294 g/mol. The second kappa shape index (κ2) is 5.30. The molecule has 11 heteroatoms. The van der Waals surface area contributed by atoms with Gasteiger partial charge in [-0.15, -0.1) is 0 Å². The number of nitrogens with zero attached hydrogens (tertiary/aromatic N) is 6. The molecule has 2 unspecified atom stereocenters. The Hall–Kier alpha value is -2.20. The van der Waals surface area contributed by atoms with E-state index in [0.717, 1.165) is 0 Å². The Bertz CT molecular complexity index is 557. The lowest BCUT2D eigenvalue weighted by atomic mass is 10.1. The first-order valence-corrected chi connectivity index (χ1v) is 6.38. The molecule has 3 aliphatic rings. The number of hydrogen-bond acceptors (Lipinski definition) is 8. The molecule has 21 heavy (non-hydrogen) atoms. The Labute approximate surface area is 119 Å². The van der Waals surface area contributed by atoms with Crippen LogP contribution in [0.3, 0.4) is 0 Å². The Morgan fingerprint density at radius 3 is 3.14 bits per heavy atom. The van der Waals surface area contributed by atoms with Crippen molar-refractivity contribution in [3.8, 4) is 0 Å². The van der Waals surface area contributed by atoms with Crippen molar-refractivity contribution in [1.29, 1.82) is 5.41 Å². The summed E-state index contributed by atoms with van der Waals surface area (Å²) < 4.78 is 5.57. The molecule has 0 aliphatic carbocycles. The van der Waals surface area contributed by atoms with Crippen LogP contribution in [0.25, 0.3) is 10.4 Å². The molecule has 112 valence electrons. The lowest BCUT2D eigenvalue weighted by Crippen LogP contribution is -2.57. The van der Waals surface area contributed by atoms with Gasteiger partial charge in [-0.2, -0.15) is 0 Å². The van der Waals surface area contributed by atoms with Crippen LogP contribution >= 0.6 is 0 Å². The van der Waals surface area contributed by atoms with Gasteiger partial charge in [0, 0.05) is 11.3 Å². The highest BCUT2D eigenvalue weighted by molar-refractivity contribution is 6.02. The molecule has 1 saturated heterocycles. The van der Waals surface area contributed by atoms with Gasteiger partial charge in [-0.3, -0.25) is 10.4 Å². The van der Waals surface area contributed by atoms with Gasteiger partial charge in [0.05, 0.1) is 19.0 Å². The first kappa shape index (κ1) is 13.8. The molecule has 11 nitrogen and oxygen atoms in total. The molecule has 0 radical (unpaired) electrons. The third kappa shape index (κ3) is 2.32. The topological polar surface area (TPSA) is 162 Å². The molecule has 1 fully saturated rings. The first-order valence-electron chi connectivity index (χ1n) is 6.38. The summed E-state index contributed by atoms with van der Waals surface area (Å²) in [6.45, 7) is -0.272. The van der Waals surface area contributed by atoms with E-state index in [1.54, 1.807) is 4.90 Å². The number of guanidine groups is 1. The predicted octanol–water partition coefficient (Wildman–Crippen LogP) is -1.26. The quantitative estimate of drug-likeness (QED) is 0.283. The Kier molecular flexibility index (Phi) is 3.47. The highest BCUT2D eigenvalue weighted by Crippen LogP contribution is 2.28. The molecular weight excluding hydrogens is 280 g/mol. The number of amidine groups is 1. The Morgan fingerprint density at radius 1 is 1.67 bits per heavy atom. The van der Waals surface area contributed by atoms with Crippen LogP contribution in [0.4, 0.5) is 0 Å². The van der Waals surface area contributed by atoms with Crippen LogP contribution in [0.15, 0.2) is 15.1 Å². The molecule has 0 bridgehead atoms. The smallest absolute Gasteiger partial charge is 0.193 e. The number of hydrogen-bond donors (Lipinski definition) is 4. The minimum atomic E-state index is -0.763. The summed E-state index contributed by atoms with van der Waals surface area (Å²) in [5, 5.41) is 33.0. The molecule has 3 heterocycles. The number of nitrogens with one attached hydrogen (secondary N) is 2. The van der Waals surface area contributed by atoms with Crippen LogP contribution in [0, 0.1) is 5.41 Å². The van der Waals surface area contributed by atoms with Gasteiger partial charge in [0.15, 0.2) is 11.8 Å². The fraction of sp³-hybridized carbons (Fsp3) is 0.700. The van der Waals surface area contributed by atoms with Gasteiger partial charge in [-0.25, -0.2) is 4.99 Å². The van der Waals surface area contributed by atoms with E-state index < -0.39 is 30.6 Å². The summed E-state index contributed by atoms with van der Waals surface area (Å²) >= 11 is 0. The molecule has 3 aliphatic heterocycles. The highest BCUT2D eigenvalue weighted by Gasteiger charge is 2.45. The average Bonchev–Trinajstić information content (AvgIpc) is 3.02. The van der Waals surface area contributed by atoms with Gasteiger partial charge >= 0.3 is 0 Å². The van der Waals surface area contributed by atoms with Crippen molar-refractivity contribution in [3.63, 3.8) is 0 Å². The minimum absolute atomic E-state index is 0.00324. The first-order chi connectivity index (χ1) is 10.1. The van der Waals surface area contributed by atoms with Crippen molar-refractivity contribution in [2.75, 3.05) is 6.61 Å². The van der Waals surface area contributed by atoms with Crippen molar-refractivity contribution in [1.82, 2.24) is 10.2 Å². The summed E-state index contributed by atoms with van der Waals surface area (Å²) in [7, 11) is 0. The third-order valence-corrected chi connectivity index (χ3v) is 3.62. The largest absolute Gasteiger partial charge is 0.394 e. The van der Waals surface area contributed by atoms with Crippen LogP contribution in [-0.4, -0.2) is 70.5 Å². The molecule has 0 spiro atoms. The number of azide groups is 1. The zero-order valence-corrected chi connectivity index (χ0v) is 10.9. The summed E-state index contributed by atoms with van der Waals surface area (Å²) in [4.78, 5) is 12.3. The van der Waals surface area contributed by atoms with Crippen molar-refractivity contribution in [2.24, 2.45) is 15.1 Å². The fourth-order valence-electron chi connectivity index (χ4n) is 2.59. The van der Waals surface area contributed by atoms with Gasteiger partial charge in [-0.1, -0.05) is 0 Å². The molecule has 0 saturated carbocycles. The van der Waals surface area contributed by atoms with Crippen LogP contribution in [0.1, 0.15) is 6.42 Å². The molecule has 4 N–H and O–H groups in total. The van der Waals surface area contributed by atoms with Crippen LogP contribution < -0.4 is 5.32 Å². The van der Waals surface area contributed by atoms with Crippen LogP contribution in [0.2, 0.25) is 0 Å². The maximum atomic E-state index is 9.79. The molecule has 0 aromatic rings. The number of aliphatic hydroxyl groups excluding tert-OH is 2. The number of fused-ring (bicyclic) bond motifs is 1. The maximum Gasteiger partial charge on any atom is 0.193 e. The van der Waals surface area contributed by atoms with E-state index in [0.29, 0.717) is 6.42 Å². The lowest BCUT2D eigenvalue weighted by Gasteiger charge is -2.34. The summed E-state index contributed by atoms with van der Waals surface area (Å²) in [5.74, 6) is -0.0198. The molecule has 0 amide bonds. The van der Waals surface area contributed by atoms with Gasteiger partial charge in [0.1, 0.15) is 24.5 Å². The molecular formula is C10H14N8O3. The zero-order valence-electron chi connectivity index (χ0n) is 10.9. The van der Waals surface area contributed by atoms with E-state index in [2.05, 4.69) is 25.3 Å². The second-order valence-corrected chi connectivity index (χ2v) is 4.87. The molecule has 5 atom stereocenters. The van der Waals surface area contributed by atoms with E-state index in [1.807, 2.05) is 0 Å². The van der Waals surface area contributed by atoms with Crippen LogP contribution in [-0.2, 0) is 4.74 Å². The van der Waals surface area contributed by atoms with Crippen LogP contribution in [0.5, 0.6) is 0 Å². The number of aliphatic imine (C=N–C) groups is 2. The third-order valence-electron chi connectivity index (χ3n) is 3.62. The molecule has 0 aromatic heterocycles.